The molecule has 0 saturated carbocycles. The molecule has 2 rings (SSSR count). The van der Waals surface area contributed by atoms with Gasteiger partial charge in [0, 0.05) is 10.7 Å². The molecule has 1 amide bonds. The Morgan fingerprint density at radius 1 is 1.09 bits per heavy atom. The molecule has 0 atom stereocenters. The van der Waals surface area contributed by atoms with Gasteiger partial charge in [-0.15, -0.1) is 0 Å². The Morgan fingerprint density at radius 2 is 1.79 bits per heavy atom. The Morgan fingerprint density at radius 3 is 2.45 bits per heavy atom. The van der Waals surface area contributed by atoms with Gasteiger partial charge < -0.3 is 14.8 Å². The topological polar surface area (TPSA) is 71.3 Å². The Bertz CT molecular complexity index is 984. The molecule has 1 N–H and O–H groups in total. The number of nitrogens with zero attached hydrogens (tertiary/aromatic N) is 1. The van der Waals surface area contributed by atoms with Crippen molar-refractivity contribution in [3.8, 4) is 17.6 Å². The summed E-state index contributed by atoms with van der Waals surface area (Å²) in [7, 11) is 0. The molecule has 0 fully saturated rings. The van der Waals surface area contributed by atoms with E-state index >= 15 is 0 Å². The van der Waals surface area contributed by atoms with Crippen molar-refractivity contribution in [2.45, 2.75) is 52.4 Å². The van der Waals surface area contributed by atoms with Crippen molar-refractivity contribution in [2.24, 2.45) is 0 Å². The van der Waals surface area contributed by atoms with Gasteiger partial charge >= 0.3 is 0 Å². The molecule has 2 aromatic rings. The van der Waals surface area contributed by atoms with Crippen LogP contribution in [0, 0.1) is 11.3 Å². The first-order chi connectivity index (χ1) is 16.0. The summed E-state index contributed by atoms with van der Waals surface area (Å²) in [6.45, 7) is 5.18. The van der Waals surface area contributed by atoms with Crippen LogP contribution in [0.1, 0.15) is 57.9 Å². The molecule has 0 spiro atoms. The standard InChI is InChI=1S/C26H30BrClN2O3/c1-3-5-6-7-8-9-14-33-25-23(27)16-19(17-24(25)32-4-2)15-20(18-29)26(31)30-22-12-10-21(28)11-13-22/h10-13,15-17H,3-9,14H2,1-2H3,(H,30,31)/b20-15-. The number of carbonyl (C=O) groups is 1. The van der Waals surface area contributed by atoms with Crippen LogP contribution in [0.15, 0.2) is 46.4 Å². The third kappa shape index (κ3) is 9.11. The first-order valence-electron chi connectivity index (χ1n) is 11.3. The first-order valence-corrected chi connectivity index (χ1v) is 12.4. The molecule has 2 aromatic carbocycles. The molecule has 33 heavy (non-hydrogen) atoms. The minimum absolute atomic E-state index is 0.0277. The maximum atomic E-state index is 12.6. The minimum Gasteiger partial charge on any atom is -0.490 e. The number of hydrogen-bond acceptors (Lipinski definition) is 4. The van der Waals surface area contributed by atoms with Gasteiger partial charge in [-0.2, -0.15) is 5.26 Å². The zero-order chi connectivity index (χ0) is 24.1. The van der Waals surface area contributed by atoms with Crippen LogP contribution in [-0.4, -0.2) is 19.1 Å². The van der Waals surface area contributed by atoms with Crippen LogP contribution in [0.4, 0.5) is 5.69 Å². The lowest BCUT2D eigenvalue weighted by molar-refractivity contribution is -0.112. The number of nitrogens with one attached hydrogen (secondary N) is 1. The molecule has 0 aliphatic rings. The number of hydrogen-bond donors (Lipinski definition) is 1. The summed E-state index contributed by atoms with van der Waals surface area (Å²) in [5.41, 5.74) is 1.18. The van der Waals surface area contributed by atoms with Gasteiger partial charge in [-0.3, -0.25) is 4.79 Å². The summed E-state index contributed by atoms with van der Waals surface area (Å²) >= 11 is 9.43. The molecule has 0 aromatic heterocycles. The number of benzene rings is 2. The highest BCUT2D eigenvalue weighted by Gasteiger charge is 2.14. The molecule has 0 heterocycles. The van der Waals surface area contributed by atoms with E-state index in [-0.39, 0.29) is 5.57 Å². The number of rotatable bonds is 13. The molecule has 0 aliphatic carbocycles. The molecule has 5 nitrogen and oxygen atoms in total. The van der Waals surface area contributed by atoms with Crippen molar-refractivity contribution in [3.63, 3.8) is 0 Å². The van der Waals surface area contributed by atoms with Gasteiger partial charge in [0.1, 0.15) is 11.6 Å². The van der Waals surface area contributed by atoms with E-state index in [4.69, 9.17) is 21.1 Å². The van der Waals surface area contributed by atoms with Gasteiger partial charge in [0.15, 0.2) is 11.5 Å². The van der Waals surface area contributed by atoms with Crippen molar-refractivity contribution < 1.29 is 14.3 Å². The van der Waals surface area contributed by atoms with Crippen LogP contribution in [0.3, 0.4) is 0 Å². The van der Waals surface area contributed by atoms with E-state index in [0.29, 0.717) is 45.5 Å². The average Bonchev–Trinajstić information content (AvgIpc) is 2.80. The normalized spacial score (nSPS) is 11.1. The second-order valence-electron chi connectivity index (χ2n) is 7.51. The summed E-state index contributed by atoms with van der Waals surface area (Å²) in [6, 6.07) is 12.2. The zero-order valence-corrected chi connectivity index (χ0v) is 21.5. The highest BCUT2D eigenvalue weighted by atomic mass is 79.9. The summed E-state index contributed by atoms with van der Waals surface area (Å²) in [6.07, 6.45) is 8.63. The molecule has 0 bridgehead atoms. The van der Waals surface area contributed by atoms with Gasteiger partial charge in [-0.25, -0.2) is 0 Å². The Labute approximate surface area is 209 Å². The fourth-order valence-corrected chi connectivity index (χ4v) is 3.88. The molecule has 0 radical (unpaired) electrons. The monoisotopic (exact) mass is 532 g/mol. The predicted octanol–water partition coefficient (Wildman–Crippen LogP) is 7.79. The number of nitriles is 1. The summed E-state index contributed by atoms with van der Waals surface area (Å²) in [5, 5.41) is 12.8. The molecular weight excluding hydrogens is 504 g/mol. The third-order valence-corrected chi connectivity index (χ3v) is 5.70. The van der Waals surface area contributed by atoms with E-state index in [9.17, 15) is 10.1 Å². The van der Waals surface area contributed by atoms with Gasteiger partial charge in [-0.05, 0) is 77.3 Å². The number of amides is 1. The van der Waals surface area contributed by atoms with Crippen LogP contribution in [-0.2, 0) is 4.79 Å². The maximum Gasteiger partial charge on any atom is 0.266 e. The van der Waals surface area contributed by atoms with Crippen LogP contribution < -0.4 is 14.8 Å². The van der Waals surface area contributed by atoms with Crippen molar-refractivity contribution in [1.29, 1.82) is 5.26 Å². The van der Waals surface area contributed by atoms with E-state index in [1.807, 2.05) is 19.1 Å². The molecule has 176 valence electrons. The van der Waals surface area contributed by atoms with Crippen molar-refractivity contribution in [2.75, 3.05) is 18.5 Å². The lowest BCUT2D eigenvalue weighted by atomic mass is 10.1. The van der Waals surface area contributed by atoms with E-state index in [2.05, 4.69) is 28.2 Å². The maximum absolute atomic E-state index is 12.6. The number of carbonyl (C=O) groups excluding carboxylic acids is 1. The van der Waals surface area contributed by atoms with Crippen molar-refractivity contribution in [1.82, 2.24) is 0 Å². The van der Waals surface area contributed by atoms with Crippen molar-refractivity contribution >= 4 is 45.2 Å². The SMILES string of the molecule is CCCCCCCCOc1c(Br)cc(/C=C(/C#N)C(=O)Nc2ccc(Cl)cc2)cc1OCC. The fraction of sp³-hybridized carbons (Fsp3) is 0.385. The van der Waals surface area contributed by atoms with Crippen LogP contribution in [0.5, 0.6) is 11.5 Å². The Balaban J connectivity index is 2.11. The molecule has 7 heteroatoms. The Kier molecular flexibility index (Phi) is 11.9. The summed E-state index contributed by atoms with van der Waals surface area (Å²) < 4.78 is 12.5. The lowest BCUT2D eigenvalue weighted by Crippen LogP contribution is -2.13. The van der Waals surface area contributed by atoms with Gasteiger partial charge in [-0.1, -0.05) is 50.6 Å². The van der Waals surface area contributed by atoms with Gasteiger partial charge in [0.05, 0.1) is 17.7 Å². The average molecular weight is 534 g/mol. The minimum atomic E-state index is -0.502. The second kappa shape index (κ2) is 14.6. The largest absolute Gasteiger partial charge is 0.490 e. The van der Waals surface area contributed by atoms with Crippen LogP contribution >= 0.6 is 27.5 Å². The second-order valence-corrected chi connectivity index (χ2v) is 8.80. The highest BCUT2D eigenvalue weighted by Crippen LogP contribution is 2.37. The third-order valence-electron chi connectivity index (χ3n) is 4.85. The molecule has 0 unspecified atom stereocenters. The highest BCUT2D eigenvalue weighted by molar-refractivity contribution is 9.10. The van der Waals surface area contributed by atoms with Crippen LogP contribution in [0.2, 0.25) is 5.02 Å². The van der Waals surface area contributed by atoms with E-state index in [1.165, 1.54) is 31.8 Å². The zero-order valence-electron chi connectivity index (χ0n) is 19.1. The smallest absolute Gasteiger partial charge is 0.266 e. The number of unbranched alkanes of at least 4 members (excludes halogenated alkanes) is 5. The number of anilines is 1. The molecular formula is C26H30BrClN2O3. The predicted molar refractivity (Wildman–Crippen MR) is 138 cm³/mol. The van der Waals surface area contributed by atoms with Crippen LogP contribution in [0.25, 0.3) is 6.08 Å². The van der Waals surface area contributed by atoms with E-state index < -0.39 is 5.91 Å². The van der Waals surface area contributed by atoms with Gasteiger partial charge in [0.25, 0.3) is 5.91 Å². The fourth-order valence-electron chi connectivity index (χ4n) is 3.18. The lowest BCUT2D eigenvalue weighted by Gasteiger charge is -2.15. The number of halogens is 2. The summed E-state index contributed by atoms with van der Waals surface area (Å²) in [4.78, 5) is 12.6. The Hall–Kier alpha value is -2.49. The van der Waals surface area contributed by atoms with E-state index in [1.54, 1.807) is 30.3 Å². The summed E-state index contributed by atoms with van der Waals surface area (Å²) in [5.74, 6) is 0.698. The van der Waals surface area contributed by atoms with E-state index in [0.717, 1.165) is 12.8 Å². The van der Waals surface area contributed by atoms with Gasteiger partial charge in [0.2, 0.25) is 0 Å². The molecule has 0 aliphatic heterocycles. The number of ether oxygens (including phenoxy) is 2. The van der Waals surface area contributed by atoms with Crippen molar-refractivity contribution in [3.05, 3.63) is 57.0 Å². The first kappa shape index (κ1) is 26.8. The molecule has 0 saturated heterocycles. The quantitative estimate of drug-likeness (QED) is 0.162.